The molecule has 1 atom stereocenters. The summed E-state index contributed by atoms with van der Waals surface area (Å²) in [7, 11) is 0. The van der Waals surface area contributed by atoms with Gasteiger partial charge < -0.3 is 19.7 Å². The lowest BCUT2D eigenvalue weighted by Gasteiger charge is -2.14. The summed E-state index contributed by atoms with van der Waals surface area (Å²) in [5.74, 6) is 0.342. The van der Waals surface area contributed by atoms with Crippen LogP contribution in [0.2, 0.25) is 0 Å². The van der Waals surface area contributed by atoms with Crippen LogP contribution in [0, 0.1) is 16.0 Å². The minimum Gasteiger partial charge on any atom is -0.445 e. The van der Waals surface area contributed by atoms with E-state index < -0.39 is 17.1 Å². The van der Waals surface area contributed by atoms with Crippen LogP contribution in [0.5, 0.6) is 0 Å². The number of amides is 2. The second kappa shape index (κ2) is 12.2. The maximum absolute atomic E-state index is 11.5. The molecule has 170 valence electrons. The third-order valence-corrected chi connectivity index (χ3v) is 4.74. The number of benzene rings is 2. The molecular formula is C23H27N3O6. The van der Waals surface area contributed by atoms with Gasteiger partial charge in [-0.2, -0.15) is 0 Å². The Balaban J connectivity index is 0.000000233. The molecule has 0 radical (unpaired) electrons. The van der Waals surface area contributed by atoms with Crippen LogP contribution in [0.25, 0.3) is 0 Å². The SMILES string of the molecule is CC(C)CC(C=O)NC(=O)OCc1ccccc1.O=CN1CCc2ccc([N+](=O)[O-])cc21. The lowest BCUT2D eigenvalue weighted by molar-refractivity contribution is -0.384. The van der Waals surface area contributed by atoms with Crippen molar-refractivity contribution in [1.29, 1.82) is 0 Å². The molecule has 3 rings (SSSR count). The molecule has 0 aromatic heterocycles. The van der Waals surface area contributed by atoms with Crippen molar-refractivity contribution in [3.8, 4) is 0 Å². The van der Waals surface area contributed by atoms with Gasteiger partial charge in [0.05, 0.1) is 16.7 Å². The normalized spacial score (nSPS) is 12.8. The quantitative estimate of drug-likeness (QED) is 0.379. The molecule has 0 bridgehead atoms. The van der Waals surface area contributed by atoms with E-state index >= 15 is 0 Å². The Hall–Kier alpha value is -3.75. The summed E-state index contributed by atoms with van der Waals surface area (Å²) in [5.41, 5.74) is 2.59. The molecule has 9 nitrogen and oxygen atoms in total. The number of carbonyl (C=O) groups is 3. The molecule has 0 saturated heterocycles. The van der Waals surface area contributed by atoms with Crippen molar-refractivity contribution < 1.29 is 24.0 Å². The molecule has 0 saturated carbocycles. The summed E-state index contributed by atoms with van der Waals surface area (Å²) >= 11 is 0. The minimum absolute atomic E-state index is 0.0255. The average Bonchev–Trinajstić information content (AvgIpc) is 3.20. The molecule has 2 amide bonds. The highest BCUT2D eigenvalue weighted by atomic mass is 16.6. The first kappa shape index (κ1) is 24.5. The molecule has 2 aromatic carbocycles. The van der Waals surface area contributed by atoms with Crippen LogP contribution in [0.1, 0.15) is 31.4 Å². The molecular weight excluding hydrogens is 414 g/mol. The van der Waals surface area contributed by atoms with Crippen molar-refractivity contribution in [2.45, 2.75) is 39.3 Å². The molecule has 9 heteroatoms. The third-order valence-electron chi connectivity index (χ3n) is 4.74. The average molecular weight is 441 g/mol. The lowest BCUT2D eigenvalue weighted by atomic mass is 10.1. The first-order valence-corrected chi connectivity index (χ1v) is 10.3. The predicted molar refractivity (Wildman–Crippen MR) is 119 cm³/mol. The van der Waals surface area contributed by atoms with Crippen LogP contribution in [-0.4, -0.2) is 36.3 Å². The van der Waals surface area contributed by atoms with Gasteiger partial charge in [-0.3, -0.25) is 14.9 Å². The van der Waals surface area contributed by atoms with E-state index in [0.717, 1.165) is 23.8 Å². The zero-order valence-electron chi connectivity index (χ0n) is 18.1. The van der Waals surface area contributed by atoms with Crippen molar-refractivity contribution in [3.63, 3.8) is 0 Å². The summed E-state index contributed by atoms with van der Waals surface area (Å²) in [5, 5.41) is 13.0. The van der Waals surface area contributed by atoms with Gasteiger partial charge >= 0.3 is 6.09 Å². The zero-order valence-corrected chi connectivity index (χ0v) is 18.1. The summed E-state index contributed by atoms with van der Waals surface area (Å²) in [6, 6.07) is 13.5. The standard InChI is InChI=1S/C14H19NO3.C9H8N2O3/c1-11(2)8-13(9-16)15-14(17)18-10-12-6-4-3-5-7-12;12-6-10-4-3-7-1-2-8(11(13)14)5-9(7)10/h3-7,9,11,13H,8,10H2,1-2H3,(H,15,17);1-2,5-6H,3-4H2. The van der Waals surface area contributed by atoms with Crippen molar-refractivity contribution >= 4 is 30.2 Å². The maximum atomic E-state index is 11.5. The number of hydrogen-bond donors (Lipinski definition) is 1. The Labute approximate surface area is 186 Å². The van der Waals surface area contributed by atoms with E-state index in [4.69, 9.17) is 4.74 Å². The molecule has 1 N–H and O–H groups in total. The van der Waals surface area contributed by atoms with Gasteiger partial charge in [0.1, 0.15) is 12.9 Å². The van der Waals surface area contributed by atoms with Crippen LogP contribution in [-0.2, 0) is 27.4 Å². The van der Waals surface area contributed by atoms with E-state index in [1.807, 2.05) is 44.2 Å². The van der Waals surface area contributed by atoms with E-state index in [-0.39, 0.29) is 12.3 Å². The number of hydrogen-bond acceptors (Lipinski definition) is 6. The number of fused-ring (bicyclic) bond motifs is 1. The summed E-state index contributed by atoms with van der Waals surface area (Å²) < 4.78 is 5.03. The fourth-order valence-electron chi connectivity index (χ4n) is 3.19. The molecule has 0 spiro atoms. The minimum atomic E-state index is -0.559. The van der Waals surface area contributed by atoms with Crippen LogP contribution < -0.4 is 10.2 Å². The lowest BCUT2D eigenvalue weighted by Crippen LogP contribution is -2.37. The van der Waals surface area contributed by atoms with E-state index in [0.29, 0.717) is 31.0 Å². The topological polar surface area (TPSA) is 119 Å². The monoisotopic (exact) mass is 441 g/mol. The maximum Gasteiger partial charge on any atom is 0.408 e. The molecule has 2 aromatic rings. The second-order valence-corrected chi connectivity index (χ2v) is 7.70. The van der Waals surface area contributed by atoms with Crippen LogP contribution >= 0.6 is 0 Å². The largest absolute Gasteiger partial charge is 0.445 e. The van der Waals surface area contributed by atoms with Gasteiger partial charge in [-0.15, -0.1) is 0 Å². The Kier molecular flexibility index (Phi) is 9.34. The van der Waals surface area contributed by atoms with Gasteiger partial charge in [0.15, 0.2) is 0 Å². The van der Waals surface area contributed by atoms with E-state index in [1.165, 1.54) is 17.0 Å². The number of aldehydes is 1. The zero-order chi connectivity index (χ0) is 23.5. The van der Waals surface area contributed by atoms with Gasteiger partial charge in [-0.05, 0) is 29.9 Å². The number of anilines is 1. The molecule has 1 unspecified atom stereocenters. The Bertz CT molecular complexity index is 933. The number of alkyl carbamates (subject to hydrolysis) is 1. The predicted octanol–water partition coefficient (Wildman–Crippen LogP) is 3.64. The molecule has 1 heterocycles. The summed E-state index contributed by atoms with van der Waals surface area (Å²) in [6.45, 7) is 4.81. The fourth-order valence-corrected chi connectivity index (χ4v) is 3.19. The third kappa shape index (κ3) is 7.50. The highest BCUT2D eigenvalue weighted by Crippen LogP contribution is 2.30. The Morgan fingerprint density at radius 1 is 1.22 bits per heavy atom. The summed E-state index contributed by atoms with van der Waals surface area (Å²) in [4.78, 5) is 44.4. The number of rotatable bonds is 8. The van der Waals surface area contributed by atoms with Crippen molar-refractivity contribution in [3.05, 3.63) is 69.8 Å². The number of non-ortho nitro benzene ring substituents is 1. The Morgan fingerprint density at radius 2 is 1.94 bits per heavy atom. The van der Waals surface area contributed by atoms with Gasteiger partial charge in [-0.25, -0.2) is 4.79 Å². The number of nitrogens with one attached hydrogen (secondary N) is 1. The van der Waals surface area contributed by atoms with Crippen molar-refractivity contribution in [1.82, 2.24) is 5.32 Å². The fraction of sp³-hybridized carbons (Fsp3) is 0.348. The molecule has 1 aliphatic rings. The van der Waals surface area contributed by atoms with Crippen LogP contribution in [0.4, 0.5) is 16.2 Å². The number of ether oxygens (including phenoxy) is 1. The van der Waals surface area contributed by atoms with Gasteiger partial charge in [0.25, 0.3) is 5.69 Å². The smallest absolute Gasteiger partial charge is 0.408 e. The highest BCUT2D eigenvalue weighted by molar-refractivity contribution is 5.80. The van der Waals surface area contributed by atoms with Crippen molar-refractivity contribution in [2.75, 3.05) is 11.4 Å². The van der Waals surface area contributed by atoms with Crippen molar-refractivity contribution in [2.24, 2.45) is 5.92 Å². The van der Waals surface area contributed by atoms with E-state index in [1.54, 1.807) is 6.07 Å². The molecule has 32 heavy (non-hydrogen) atoms. The van der Waals surface area contributed by atoms with Crippen LogP contribution in [0.15, 0.2) is 48.5 Å². The van der Waals surface area contributed by atoms with E-state index in [2.05, 4.69) is 5.32 Å². The number of nitro benzene ring substituents is 1. The van der Waals surface area contributed by atoms with Gasteiger partial charge in [0.2, 0.25) is 6.41 Å². The number of carbonyl (C=O) groups excluding carboxylic acids is 3. The molecule has 1 aliphatic heterocycles. The summed E-state index contributed by atoms with van der Waals surface area (Å²) in [6.07, 6.45) is 2.27. The van der Waals surface area contributed by atoms with Crippen LogP contribution in [0.3, 0.4) is 0 Å². The Morgan fingerprint density at radius 3 is 2.53 bits per heavy atom. The van der Waals surface area contributed by atoms with Gasteiger partial charge in [0, 0.05) is 18.7 Å². The molecule has 0 fully saturated rings. The second-order valence-electron chi connectivity index (χ2n) is 7.70. The first-order valence-electron chi connectivity index (χ1n) is 10.3. The van der Waals surface area contributed by atoms with E-state index in [9.17, 15) is 24.5 Å². The number of nitrogens with zero attached hydrogens (tertiary/aromatic N) is 2. The highest BCUT2D eigenvalue weighted by Gasteiger charge is 2.21. The number of nitro groups is 1. The molecule has 0 aliphatic carbocycles. The first-order chi connectivity index (χ1) is 15.3. The van der Waals surface area contributed by atoms with Gasteiger partial charge in [-0.1, -0.05) is 50.2 Å².